The minimum atomic E-state index is -2.99. The molecule has 1 unspecified atom stereocenters. The van der Waals surface area contributed by atoms with Crippen molar-refractivity contribution in [1.82, 2.24) is 0 Å². The molecule has 1 atom stereocenters. The Kier molecular flexibility index (Phi) is 6.05. The van der Waals surface area contributed by atoms with E-state index in [1.807, 2.05) is 0 Å². The maximum atomic E-state index is 12.4. The van der Waals surface area contributed by atoms with Crippen LogP contribution in [-0.4, -0.2) is 24.4 Å². The van der Waals surface area contributed by atoms with E-state index in [2.05, 4.69) is 10.1 Å². The van der Waals surface area contributed by atoms with Crippen LogP contribution in [0.1, 0.15) is 24.2 Å². The quantitative estimate of drug-likeness (QED) is 0.770. The van der Waals surface area contributed by atoms with E-state index in [-0.39, 0.29) is 17.2 Å². The Morgan fingerprint density at radius 3 is 2.24 bits per heavy atom. The number of nitrogens with one attached hydrogen (secondary N) is 1. The zero-order valence-corrected chi connectivity index (χ0v) is 13.7. The Balaban J connectivity index is 2.02. The van der Waals surface area contributed by atoms with E-state index < -0.39 is 18.6 Å². The number of carbonyl (C=O) groups is 2. The van der Waals surface area contributed by atoms with Crippen LogP contribution in [0.2, 0.25) is 0 Å². The predicted molar refractivity (Wildman–Crippen MR) is 88.2 cm³/mol. The van der Waals surface area contributed by atoms with Crippen molar-refractivity contribution in [2.45, 2.75) is 26.6 Å². The molecule has 7 heteroatoms. The molecule has 132 valence electrons. The molecule has 2 aromatic rings. The van der Waals surface area contributed by atoms with Gasteiger partial charge in [0.1, 0.15) is 11.5 Å². The van der Waals surface area contributed by atoms with E-state index in [9.17, 15) is 18.4 Å². The lowest BCUT2D eigenvalue weighted by Gasteiger charge is -2.16. The molecule has 0 radical (unpaired) electrons. The first-order chi connectivity index (χ1) is 11.9. The average Bonchev–Trinajstić information content (AvgIpc) is 2.56. The Bertz CT molecular complexity index is 747. The Hall–Kier alpha value is -2.96. The lowest BCUT2D eigenvalue weighted by molar-refractivity contribution is -0.122. The predicted octanol–water partition coefficient (Wildman–Crippen LogP) is 3.90. The normalized spacial score (nSPS) is 11.7. The number of ether oxygens (including phenoxy) is 2. The summed E-state index contributed by atoms with van der Waals surface area (Å²) in [5, 5.41) is 2.49. The van der Waals surface area contributed by atoms with Crippen LogP contribution >= 0.6 is 0 Å². The number of benzene rings is 2. The molecule has 1 amide bonds. The molecule has 25 heavy (non-hydrogen) atoms. The molecule has 0 aromatic heterocycles. The van der Waals surface area contributed by atoms with Gasteiger partial charge in [-0.2, -0.15) is 8.78 Å². The van der Waals surface area contributed by atoms with Crippen molar-refractivity contribution in [2.75, 3.05) is 5.32 Å². The van der Waals surface area contributed by atoms with Crippen LogP contribution in [0.15, 0.2) is 48.5 Å². The van der Waals surface area contributed by atoms with Gasteiger partial charge in [0.2, 0.25) is 0 Å². The first kappa shape index (κ1) is 18.4. The third-order valence-corrected chi connectivity index (χ3v) is 3.30. The summed E-state index contributed by atoms with van der Waals surface area (Å²) in [6, 6.07) is 12.2. The number of anilines is 1. The number of halogens is 2. The number of rotatable bonds is 7. The number of amides is 1. The number of hydrogen-bond acceptors (Lipinski definition) is 4. The van der Waals surface area contributed by atoms with E-state index in [0.29, 0.717) is 11.3 Å². The second kappa shape index (κ2) is 8.23. The fourth-order valence-corrected chi connectivity index (χ4v) is 2.03. The molecule has 0 aliphatic heterocycles. The van der Waals surface area contributed by atoms with E-state index in [1.54, 1.807) is 30.3 Å². The highest BCUT2D eigenvalue weighted by Crippen LogP contribution is 2.26. The number of Topliss-reactive ketones (excluding diaryl/α,β-unsaturated/α-hetero) is 1. The maximum absolute atomic E-state index is 12.4. The summed E-state index contributed by atoms with van der Waals surface area (Å²) in [5.74, 6) is -0.331. The van der Waals surface area contributed by atoms with Gasteiger partial charge in [-0.25, -0.2) is 0 Å². The van der Waals surface area contributed by atoms with Crippen molar-refractivity contribution in [2.24, 2.45) is 0 Å². The van der Waals surface area contributed by atoms with Crippen molar-refractivity contribution in [1.29, 1.82) is 0 Å². The van der Waals surface area contributed by atoms with Crippen LogP contribution in [0.5, 0.6) is 11.5 Å². The minimum Gasteiger partial charge on any atom is -0.481 e. The highest BCUT2D eigenvalue weighted by Gasteiger charge is 2.18. The van der Waals surface area contributed by atoms with Crippen molar-refractivity contribution in [3.8, 4) is 11.5 Å². The summed E-state index contributed by atoms with van der Waals surface area (Å²) in [5.41, 5.74) is 0.651. The standard InChI is InChI=1S/C18H17F2NO4/c1-11(22)13-7-9-14(10-8-13)24-12(2)17(23)21-15-5-3-4-6-16(15)25-18(19)20/h3-10,12,18H,1-2H3,(H,21,23). The van der Waals surface area contributed by atoms with E-state index >= 15 is 0 Å². The fraction of sp³-hybridized carbons (Fsp3) is 0.222. The first-order valence-electron chi connectivity index (χ1n) is 7.49. The van der Waals surface area contributed by atoms with Gasteiger partial charge in [-0.05, 0) is 50.2 Å². The molecule has 0 aliphatic carbocycles. The van der Waals surface area contributed by atoms with E-state index in [4.69, 9.17) is 4.74 Å². The summed E-state index contributed by atoms with van der Waals surface area (Å²) in [4.78, 5) is 23.4. The van der Waals surface area contributed by atoms with Gasteiger partial charge in [0.15, 0.2) is 11.9 Å². The summed E-state index contributed by atoms with van der Waals surface area (Å²) < 4.78 is 34.6. The van der Waals surface area contributed by atoms with Gasteiger partial charge in [-0.15, -0.1) is 0 Å². The van der Waals surface area contributed by atoms with Crippen LogP contribution < -0.4 is 14.8 Å². The number of alkyl halides is 2. The molecule has 5 nitrogen and oxygen atoms in total. The van der Waals surface area contributed by atoms with Gasteiger partial charge in [0, 0.05) is 5.56 Å². The molecule has 2 rings (SSSR count). The van der Waals surface area contributed by atoms with Crippen molar-refractivity contribution in [3.63, 3.8) is 0 Å². The molecular formula is C18H17F2NO4. The molecule has 2 aromatic carbocycles. The van der Waals surface area contributed by atoms with Crippen molar-refractivity contribution >= 4 is 17.4 Å². The van der Waals surface area contributed by atoms with Crippen LogP contribution in [-0.2, 0) is 4.79 Å². The third-order valence-electron chi connectivity index (χ3n) is 3.30. The van der Waals surface area contributed by atoms with Gasteiger partial charge < -0.3 is 14.8 Å². The summed E-state index contributed by atoms with van der Waals surface area (Å²) in [7, 11) is 0. The van der Waals surface area contributed by atoms with Crippen LogP contribution in [0.3, 0.4) is 0 Å². The SMILES string of the molecule is CC(=O)c1ccc(OC(C)C(=O)Nc2ccccc2OC(F)F)cc1. The number of ketones is 1. The lowest BCUT2D eigenvalue weighted by Crippen LogP contribution is -2.30. The molecule has 0 bridgehead atoms. The van der Waals surface area contributed by atoms with Crippen molar-refractivity contribution in [3.05, 3.63) is 54.1 Å². The first-order valence-corrected chi connectivity index (χ1v) is 7.49. The molecule has 1 N–H and O–H groups in total. The monoisotopic (exact) mass is 349 g/mol. The zero-order valence-electron chi connectivity index (χ0n) is 13.7. The second-order valence-corrected chi connectivity index (χ2v) is 5.20. The van der Waals surface area contributed by atoms with E-state index in [0.717, 1.165) is 0 Å². The Morgan fingerprint density at radius 1 is 1.00 bits per heavy atom. The lowest BCUT2D eigenvalue weighted by atomic mass is 10.1. The van der Waals surface area contributed by atoms with Gasteiger partial charge in [-0.1, -0.05) is 12.1 Å². The third kappa shape index (κ3) is 5.27. The van der Waals surface area contributed by atoms with Gasteiger partial charge in [-0.3, -0.25) is 9.59 Å². The number of carbonyl (C=O) groups excluding carboxylic acids is 2. The zero-order chi connectivity index (χ0) is 18.4. The molecular weight excluding hydrogens is 332 g/mol. The smallest absolute Gasteiger partial charge is 0.387 e. The second-order valence-electron chi connectivity index (χ2n) is 5.20. The Morgan fingerprint density at radius 2 is 1.64 bits per heavy atom. The van der Waals surface area contributed by atoms with Crippen LogP contribution in [0, 0.1) is 0 Å². The Labute approximate surface area is 143 Å². The fourth-order valence-electron chi connectivity index (χ4n) is 2.03. The van der Waals surface area contributed by atoms with Gasteiger partial charge in [0.05, 0.1) is 5.69 Å². The topological polar surface area (TPSA) is 64.6 Å². The molecule has 0 heterocycles. The average molecular weight is 349 g/mol. The molecule has 0 spiro atoms. The van der Waals surface area contributed by atoms with Gasteiger partial charge in [0.25, 0.3) is 5.91 Å². The highest BCUT2D eigenvalue weighted by atomic mass is 19.3. The number of hydrogen-bond donors (Lipinski definition) is 1. The number of para-hydroxylation sites is 2. The van der Waals surface area contributed by atoms with Gasteiger partial charge >= 0.3 is 6.61 Å². The summed E-state index contributed by atoms with van der Waals surface area (Å²) in [6.07, 6.45) is -0.886. The largest absolute Gasteiger partial charge is 0.481 e. The van der Waals surface area contributed by atoms with E-state index in [1.165, 1.54) is 32.0 Å². The van der Waals surface area contributed by atoms with Crippen LogP contribution in [0.25, 0.3) is 0 Å². The molecule has 0 aliphatic rings. The molecule has 0 saturated heterocycles. The summed E-state index contributed by atoms with van der Waals surface area (Å²) in [6.45, 7) is -0.0261. The van der Waals surface area contributed by atoms with Crippen molar-refractivity contribution < 1.29 is 27.8 Å². The maximum Gasteiger partial charge on any atom is 0.387 e. The highest BCUT2D eigenvalue weighted by molar-refractivity contribution is 5.95. The summed E-state index contributed by atoms with van der Waals surface area (Å²) >= 11 is 0. The molecule has 0 fully saturated rings. The molecule has 0 saturated carbocycles. The van der Waals surface area contributed by atoms with Crippen LogP contribution in [0.4, 0.5) is 14.5 Å². The minimum absolute atomic E-state index is 0.0759.